The summed E-state index contributed by atoms with van der Waals surface area (Å²) in [5, 5.41) is 14.0. The van der Waals surface area contributed by atoms with E-state index < -0.39 is 16.9 Å². The Hall–Kier alpha value is -3.87. The van der Waals surface area contributed by atoms with Gasteiger partial charge in [0.1, 0.15) is 11.8 Å². The number of nitrogens with one attached hydrogen (secondary N) is 1. The Bertz CT molecular complexity index is 1560. The van der Waals surface area contributed by atoms with E-state index in [1.54, 1.807) is 43.6 Å². The molecule has 0 saturated heterocycles. The maximum Gasteiger partial charge on any atom is 0.349 e. The lowest BCUT2D eigenvalue weighted by Crippen LogP contribution is -2.33. The molecule has 0 bridgehead atoms. The Morgan fingerprint density at radius 3 is 2.48 bits per heavy atom. The number of hydrogen-bond donors (Lipinski definition) is 1. The van der Waals surface area contributed by atoms with Gasteiger partial charge < -0.3 is 9.30 Å². The molecule has 0 aliphatic rings. The number of halogens is 2. The number of aromatic amines is 1. The van der Waals surface area contributed by atoms with Gasteiger partial charge in [0.05, 0.1) is 15.7 Å². The number of aromatic nitrogens is 4. The second kappa shape index (κ2) is 7.75. The number of fused-ring (bicyclic) bond motifs is 1. The molecule has 0 saturated carbocycles. The fourth-order valence-corrected chi connectivity index (χ4v) is 3.47. The van der Waals surface area contributed by atoms with Gasteiger partial charge in [-0.25, -0.2) is 4.79 Å². The maximum atomic E-state index is 12.2. The van der Waals surface area contributed by atoms with Crippen LogP contribution in [0.25, 0.3) is 16.5 Å². The highest BCUT2D eigenvalue weighted by Gasteiger charge is 2.15. The molecule has 154 valence electrons. The van der Waals surface area contributed by atoms with Crippen LogP contribution < -0.4 is 21.5 Å². The lowest BCUT2D eigenvalue weighted by atomic mass is 10.1. The molecule has 2 aromatic carbocycles. The molecule has 0 aliphatic carbocycles. The molecule has 0 unspecified atom stereocenters. The second-order valence-corrected chi connectivity index (χ2v) is 7.27. The van der Waals surface area contributed by atoms with Crippen LogP contribution in [-0.4, -0.2) is 19.3 Å². The zero-order valence-corrected chi connectivity index (χ0v) is 17.2. The third-order valence-corrected chi connectivity index (χ3v) is 4.99. The molecule has 0 aliphatic heterocycles. The summed E-state index contributed by atoms with van der Waals surface area (Å²) in [6.07, 6.45) is 1.65. The molecule has 2 aromatic heterocycles. The van der Waals surface area contributed by atoms with Crippen molar-refractivity contribution < 1.29 is 4.74 Å². The van der Waals surface area contributed by atoms with Gasteiger partial charge in [0.2, 0.25) is 5.69 Å². The van der Waals surface area contributed by atoms with Crippen molar-refractivity contribution in [1.82, 2.24) is 19.3 Å². The SMILES string of the molecule is Cn1ccc2cc(Oc3c(Cl)cc(-n4nc(C#N)c(=O)[nH]c4=O)cc3Cl)ccc2c1=O. The van der Waals surface area contributed by atoms with Gasteiger partial charge >= 0.3 is 5.69 Å². The molecule has 4 aromatic rings. The minimum absolute atomic E-state index is 0.0602. The molecule has 31 heavy (non-hydrogen) atoms. The molecule has 9 nitrogen and oxygen atoms in total. The summed E-state index contributed by atoms with van der Waals surface area (Å²) in [5.74, 6) is 0.511. The van der Waals surface area contributed by atoms with E-state index in [1.807, 2.05) is 4.98 Å². The topological polar surface area (TPSA) is 123 Å². The summed E-state index contributed by atoms with van der Waals surface area (Å²) in [6, 6.07) is 11.0. The number of H-pyrrole nitrogens is 1. The molecule has 2 heterocycles. The van der Waals surface area contributed by atoms with Crippen LogP contribution in [0.5, 0.6) is 11.5 Å². The van der Waals surface area contributed by atoms with Crippen molar-refractivity contribution in [2.75, 3.05) is 0 Å². The third kappa shape index (κ3) is 3.70. The number of aryl methyl sites for hydroxylation is 1. The molecule has 0 fully saturated rings. The van der Waals surface area contributed by atoms with Crippen LogP contribution in [0.3, 0.4) is 0 Å². The maximum absolute atomic E-state index is 12.2. The number of pyridine rings is 1. The van der Waals surface area contributed by atoms with Crippen LogP contribution >= 0.6 is 23.2 Å². The molecular weight excluding hydrogens is 445 g/mol. The van der Waals surface area contributed by atoms with Gasteiger partial charge in [-0.3, -0.25) is 14.6 Å². The quantitative estimate of drug-likeness (QED) is 0.506. The first-order valence-corrected chi connectivity index (χ1v) is 9.44. The van der Waals surface area contributed by atoms with E-state index in [2.05, 4.69) is 5.10 Å². The molecule has 0 atom stereocenters. The molecule has 1 N–H and O–H groups in total. The predicted octanol–water partition coefficient (Wildman–Crippen LogP) is 2.74. The van der Waals surface area contributed by atoms with Crippen LogP contribution in [-0.2, 0) is 7.05 Å². The highest BCUT2D eigenvalue weighted by atomic mass is 35.5. The number of nitriles is 1. The van der Waals surface area contributed by atoms with E-state index in [1.165, 1.54) is 16.7 Å². The van der Waals surface area contributed by atoms with Crippen molar-refractivity contribution in [3.05, 3.63) is 89.5 Å². The summed E-state index contributed by atoms with van der Waals surface area (Å²) in [6.45, 7) is 0. The fourth-order valence-electron chi connectivity index (χ4n) is 2.92. The Labute approximate surface area is 183 Å². The van der Waals surface area contributed by atoms with Crippen molar-refractivity contribution in [2.24, 2.45) is 7.05 Å². The molecule has 0 amide bonds. The van der Waals surface area contributed by atoms with Crippen LogP contribution in [0.15, 0.2) is 57.0 Å². The average molecular weight is 456 g/mol. The van der Waals surface area contributed by atoms with E-state index in [-0.39, 0.29) is 27.0 Å². The fraction of sp³-hybridized carbons (Fsp3) is 0.0500. The highest BCUT2D eigenvalue weighted by molar-refractivity contribution is 6.37. The molecule has 0 radical (unpaired) electrons. The van der Waals surface area contributed by atoms with Gasteiger partial charge in [-0.2, -0.15) is 9.94 Å². The highest BCUT2D eigenvalue weighted by Crippen LogP contribution is 2.38. The molecule has 4 rings (SSSR count). The number of ether oxygens (including phenoxy) is 1. The Morgan fingerprint density at radius 2 is 1.81 bits per heavy atom. The summed E-state index contributed by atoms with van der Waals surface area (Å²) >= 11 is 12.6. The van der Waals surface area contributed by atoms with E-state index >= 15 is 0 Å². The zero-order chi connectivity index (χ0) is 22.3. The monoisotopic (exact) mass is 455 g/mol. The minimum Gasteiger partial charge on any atom is -0.454 e. The Kier molecular flexibility index (Phi) is 5.10. The first kappa shape index (κ1) is 20.4. The Morgan fingerprint density at radius 1 is 1.10 bits per heavy atom. The first-order valence-electron chi connectivity index (χ1n) is 8.69. The van der Waals surface area contributed by atoms with Crippen LogP contribution in [0, 0.1) is 11.3 Å². The number of benzene rings is 2. The van der Waals surface area contributed by atoms with Crippen molar-refractivity contribution in [1.29, 1.82) is 5.26 Å². The second-order valence-electron chi connectivity index (χ2n) is 6.45. The molecular formula is C20H11Cl2N5O4. The van der Waals surface area contributed by atoms with E-state index in [0.29, 0.717) is 16.5 Å². The van der Waals surface area contributed by atoms with Crippen LogP contribution in [0.2, 0.25) is 10.0 Å². The van der Waals surface area contributed by atoms with Gasteiger partial charge in [0.25, 0.3) is 11.1 Å². The standard InChI is InChI=1S/C20H11Cl2N5O4/c1-26-5-4-10-6-12(2-3-13(10)19(26)29)31-17-14(21)7-11(8-15(17)22)27-20(30)24-18(28)16(9-23)25-27/h2-8H,1H3,(H,24,28,30). The van der Waals surface area contributed by atoms with Crippen molar-refractivity contribution in [3.8, 4) is 23.3 Å². The normalized spacial score (nSPS) is 10.8. The zero-order valence-electron chi connectivity index (χ0n) is 15.7. The van der Waals surface area contributed by atoms with Crippen LogP contribution in [0.1, 0.15) is 5.69 Å². The van der Waals surface area contributed by atoms with E-state index in [4.69, 9.17) is 33.2 Å². The smallest absolute Gasteiger partial charge is 0.349 e. The summed E-state index contributed by atoms with van der Waals surface area (Å²) < 4.78 is 8.08. The molecule has 11 heteroatoms. The minimum atomic E-state index is -0.896. The van der Waals surface area contributed by atoms with Crippen molar-refractivity contribution in [2.45, 2.75) is 0 Å². The number of nitrogens with zero attached hydrogens (tertiary/aromatic N) is 4. The van der Waals surface area contributed by atoms with Gasteiger partial charge in [-0.15, -0.1) is 5.10 Å². The lowest BCUT2D eigenvalue weighted by molar-refractivity contribution is 0.483. The van der Waals surface area contributed by atoms with Gasteiger partial charge in [-0.05, 0) is 41.8 Å². The van der Waals surface area contributed by atoms with Crippen molar-refractivity contribution in [3.63, 3.8) is 0 Å². The van der Waals surface area contributed by atoms with Gasteiger partial charge in [0.15, 0.2) is 5.75 Å². The summed E-state index contributed by atoms with van der Waals surface area (Å²) in [5.41, 5.74) is -2.26. The third-order valence-electron chi connectivity index (χ3n) is 4.43. The number of hydrogen-bond acceptors (Lipinski definition) is 6. The summed E-state index contributed by atoms with van der Waals surface area (Å²) in [7, 11) is 1.66. The Balaban J connectivity index is 1.75. The van der Waals surface area contributed by atoms with E-state index in [9.17, 15) is 14.4 Å². The summed E-state index contributed by atoms with van der Waals surface area (Å²) in [4.78, 5) is 37.8. The predicted molar refractivity (Wildman–Crippen MR) is 114 cm³/mol. The van der Waals surface area contributed by atoms with Crippen molar-refractivity contribution >= 4 is 34.0 Å². The first-order chi connectivity index (χ1) is 14.8. The number of rotatable bonds is 3. The average Bonchev–Trinajstić information content (AvgIpc) is 2.73. The van der Waals surface area contributed by atoms with Gasteiger partial charge in [-0.1, -0.05) is 23.2 Å². The molecule has 0 spiro atoms. The van der Waals surface area contributed by atoms with E-state index in [0.717, 1.165) is 4.68 Å². The van der Waals surface area contributed by atoms with Gasteiger partial charge in [0, 0.05) is 18.6 Å². The van der Waals surface area contributed by atoms with Crippen LogP contribution in [0.4, 0.5) is 0 Å². The largest absolute Gasteiger partial charge is 0.454 e. The lowest BCUT2D eigenvalue weighted by Gasteiger charge is -2.12.